The minimum atomic E-state index is -0.750. The fourth-order valence-electron chi connectivity index (χ4n) is 5.08. The summed E-state index contributed by atoms with van der Waals surface area (Å²) in [5.74, 6) is -0.208. The number of ether oxygens (including phenoxy) is 4. The number of methoxy groups -OCH3 is 3. The van der Waals surface area contributed by atoms with Gasteiger partial charge in [0.1, 0.15) is 12.7 Å². The molecule has 1 fully saturated rings. The molecule has 1 aliphatic heterocycles. The van der Waals surface area contributed by atoms with Gasteiger partial charge in [0.25, 0.3) is 0 Å². The molecule has 30 heavy (non-hydrogen) atoms. The van der Waals surface area contributed by atoms with E-state index >= 15 is 0 Å². The Hall–Kier alpha value is -2.40. The van der Waals surface area contributed by atoms with Gasteiger partial charge < -0.3 is 18.9 Å². The Morgan fingerprint density at radius 3 is 2.43 bits per heavy atom. The average molecular weight is 407 g/mol. The molecule has 2 unspecified atom stereocenters. The van der Waals surface area contributed by atoms with Crippen LogP contribution < -0.4 is 0 Å². The predicted octanol–water partition coefficient (Wildman–Crippen LogP) is 5.45. The first-order valence-electron chi connectivity index (χ1n) is 10.5. The molecular weight excluding hydrogens is 376 g/mol. The van der Waals surface area contributed by atoms with Crippen molar-refractivity contribution in [2.45, 2.75) is 30.7 Å². The summed E-state index contributed by atoms with van der Waals surface area (Å²) < 4.78 is 22.5. The second-order valence-electron chi connectivity index (χ2n) is 7.81. The lowest BCUT2D eigenvalue weighted by atomic mass is 9.66. The highest BCUT2D eigenvalue weighted by Crippen LogP contribution is 2.52. The smallest absolute Gasteiger partial charge is 0.201 e. The van der Waals surface area contributed by atoms with Gasteiger partial charge in [-0.1, -0.05) is 54.6 Å². The highest BCUT2D eigenvalue weighted by atomic mass is 16.7. The van der Waals surface area contributed by atoms with E-state index in [0.29, 0.717) is 5.92 Å². The van der Waals surface area contributed by atoms with Crippen LogP contribution in [0.25, 0.3) is 16.8 Å². The van der Waals surface area contributed by atoms with Crippen molar-refractivity contribution in [3.05, 3.63) is 78.1 Å². The van der Waals surface area contributed by atoms with Crippen molar-refractivity contribution in [3.8, 4) is 0 Å². The van der Waals surface area contributed by atoms with Crippen LogP contribution in [0.15, 0.2) is 67.0 Å². The fraction of sp³-hybridized carbons (Fsp3) is 0.385. The van der Waals surface area contributed by atoms with E-state index < -0.39 is 5.79 Å². The number of fused-ring (bicyclic) bond motifs is 5. The number of hydrogen-bond donors (Lipinski definition) is 0. The van der Waals surface area contributed by atoms with Crippen LogP contribution in [0.3, 0.4) is 0 Å². The molecule has 2 aliphatic carbocycles. The maximum absolute atomic E-state index is 5.99. The predicted molar refractivity (Wildman–Crippen MR) is 120 cm³/mol. The molecule has 5 rings (SSSR count). The van der Waals surface area contributed by atoms with E-state index in [1.165, 1.54) is 21.9 Å². The largest absolute Gasteiger partial charge is 0.497 e. The Morgan fingerprint density at radius 2 is 1.80 bits per heavy atom. The van der Waals surface area contributed by atoms with Gasteiger partial charge in [0, 0.05) is 27.2 Å². The van der Waals surface area contributed by atoms with Crippen molar-refractivity contribution in [3.63, 3.8) is 0 Å². The van der Waals surface area contributed by atoms with E-state index in [0.717, 1.165) is 19.4 Å². The van der Waals surface area contributed by atoms with Gasteiger partial charge in [0.15, 0.2) is 0 Å². The molecule has 0 radical (unpaired) electrons. The third-order valence-corrected chi connectivity index (χ3v) is 6.46. The number of rotatable bonds is 3. The second-order valence-corrected chi connectivity index (χ2v) is 7.81. The molecule has 1 heterocycles. The summed E-state index contributed by atoms with van der Waals surface area (Å²) in [6.07, 6.45) is 14.0. The zero-order valence-electron chi connectivity index (χ0n) is 17.9. The average Bonchev–Trinajstić information content (AvgIpc) is 2.84. The van der Waals surface area contributed by atoms with Crippen LogP contribution in [0.4, 0.5) is 0 Å². The van der Waals surface area contributed by atoms with Crippen LogP contribution >= 0.6 is 0 Å². The quantitative estimate of drug-likeness (QED) is 0.635. The number of allylic oxidation sites excluding steroid dienone is 3. The monoisotopic (exact) mass is 406 g/mol. The Labute approximate surface area is 178 Å². The maximum Gasteiger partial charge on any atom is 0.201 e. The lowest BCUT2D eigenvalue weighted by molar-refractivity contribution is -0.294. The van der Waals surface area contributed by atoms with E-state index in [9.17, 15) is 0 Å². The summed E-state index contributed by atoms with van der Waals surface area (Å²) in [7, 11) is 5.21. The van der Waals surface area contributed by atoms with Gasteiger partial charge in [-0.15, -0.1) is 0 Å². The van der Waals surface area contributed by atoms with E-state index in [2.05, 4.69) is 48.6 Å². The molecule has 0 bridgehead atoms. The highest BCUT2D eigenvalue weighted by Gasteiger charge is 2.54. The Morgan fingerprint density at radius 1 is 0.967 bits per heavy atom. The summed E-state index contributed by atoms with van der Waals surface area (Å²) in [5, 5.41) is 2.55. The van der Waals surface area contributed by atoms with Crippen LogP contribution in [0.1, 0.15) is 29.9 Å². The lowest BCUT2D eigenvalue weighted by Crippen LogP contribution is -2.57. The molecule has 2 aromatic rings. The van der Waals surface area contributed by atoms with Crippen LogP contribution in [-0.2, 0) is 18.9 Å². The second kappa shape index (κ2) is 9.17. The standard InChI is InChI=1S/C21H24O3.C5H6O/c1-22-19-13-10-15-9-11-17-16-7-5-4-6-14(16)8-12-18(17)20(15)21(19,23-2)24-3;1-2-4-6-5-3-1/h4-9,11-12,15,19-20H,10,13H2,1-3H3;1-4H,5H2/t15?,19-,20?;/m1./s1. The molecule has 4 nitrogen and oxygen atoms in total. The van der Waals surface area contributed by atoms with Crippen molar-refractivity contribution in [1.82, 2.24) is 0 Å². The van der Waals surface area contributed by atoms with Crippen molar-refractivity contribution < 1.29 is 18.9 Å². The van der Waals surface area contributed by atoms with Gasteiger partial charge in [-0.25, -0.2) is 0 Å². The molecule has 0 amide bonds. The van der Waals surface area contributed by atoms with E-state index in [1.807, 2.05) is 18.2 Å². The minimum absolute atomic E-state index is 0.0698. The van der Waals surface area contributed by atoms with Crippen LogP contribution in [-0.4, -0.2) is 39.8 Å². The SMILES string of the molecule is C1=CCOC=C1.CO[C@@H]1CCC2C=Cc3c(ccc4ccccc34)C2C1(OC)OC. The molecular formula is C26H30O4. The van der Waals surface area contributed by atoms with E-state index in [1.54, 1.807) is 27.6 Å². The van der Waals surface area contributed by atoms with E-state index in [-0.39, 0.29) is 12.0 Å². The Bertz CT molecular complexity index is 943. The molecule has 0 spiro atoms. The van der Waals surface area contributed by atoms with Gasteiger partial charge in [-0.05, 0) is 52.8 Å². The maximum atomic E-state index is 5.99. The van der Waals surface area contributed by atoms with Crippen LogP contribution in [0, 0.1) is 5.92 Å². The highest BCUT2D eigenvalue weighted by molar-refractivity contribution is 5.92. The van der Waals surface area contributed by atoms with E-state index in [4.69, 9.17) is 18.9 Å². The molecule has 0 aromatic heterocycles. The molecule has 158 valence electrons. The van der Waals surface area contributed by atoms with Crippen molar-refractivity contribution in [1.29, 1.82) is 0 Å². The summed E-state index contributed by atoms with van der Waals surface area (Å²) in [5.41, 5.74) is 2.58. The summed E-state index contributed by atoms with van der Waals surface area (Å²) >= 11 is 0. The molecule has 0 N–H and O–H groups in total. The van der Waals surface area contributed by atoms with Crippen LogP contribution in [0.5, 0.6) is 0 Å². The summed E-state index contributed by atoms with van der Waals surface area (Å²) in [4.78, 5) is 0. The normalized spacial score (nSPS) is 25.6. The summed E-state index contributed by atoms with van der Waals surface area (Å²) in [6.45, 7) is 0.733. The van der Waals surface area contributed by atoms with Gasteiger partial charge >= 0.3 is 0 Å². The molecule has 1 saturated carbocycles. The van der Waals surface area contributed by atoms with Crippen molar-refractivity contribution in [2.24, 2.45) is 5.92 Å². The Balaban J connectivity index is 0.000000313. The first-order chi connectivity index (χ1) is 14.7. The number of hydrogen-bond acceptors (Lipinski definition) is 4. The van der Waals surface area contributed by atoms with Crippen LogP contribution in [0.2, 0.25) is 0 Å². The number of benzene rings is 2. The van der Waals surface area contributed by atoms with Gasteiger partial charge in [0.05, 0.1) is 6.26 Å². The molecule has 0 saturated heterocycles. The molecule has 3 aliphatic rings. The van der Waals surface area contributed by atoms with Crippen molar-refractivity contribution in [2.75, 3.05) is 27.9 Å². The van der Waals surface area contributed by atoms with Gasteiger partial charge in [-0.3, -0.25) is 0 Å². The fourth-order valence-corrected chi connectivity index (χ4v) is 5.08. The first kappa shape index (κ1) is 20.9. The first-order valence-corrected chi connectivity index (χ1v) is 10.5. The third-order valence-electron chi connectivity index (χ3n) is 6.46. The van der Waals surface area contributed by atoms with Crippen molar-refractivity contribution >= 4 is 16.8 Å². The molecule has 4 heteroatoms. The topological polar surface area (TPSA) is 36.9 Å². The Kier molecular flexibility index (Phi) is 6.38. The zero-order valence-corrected chi connectivity index (χ0v) is 17.9. The molecule has 3 atom stereocenters. The minimum Gasteiger partial charge on any atom is -0.497 e. The summed E-state index contributed by atoms with van der Waals surface area (Å²) in [6, 6.07) is 13.0. The zero-order chi connectivity index (χ0) is 21.0. The molecule has 2 aromatic carbocycles. The van der Waals surface area contributed by atoms with Gasteiger partial charge in [-0.2, -0.15) is 0 Å². The van der Waals surface area contributed by atoms with Gasteiger partial charge in [0.2, 0.25) is 5.79 Å². The third kappa shape index (κ3) is 3.60. The lowest BCUT2D eigenvalue weighted by Gasteiger charge is -2.50.